The molecule has 0 atom stereocenters. The summed E-state index contributed by atoms with van der Waals surface area (Å²) in [5.74, 6) is 0. The molecular weight excluding hydrogens is 176 g/mol. The van der Waals surface area contributed by atoms with Gasteiger partial charge in [0.1, 0.15) is 12.7 Å². The van der Waals surface area contributed by atoms with Crippen LogP contribution < -0.4 is 0 Å². The van der Waals surface area contributed by atoms with Gasteiger partial charge in [0.25, 0.3) is 0 Å². The molecule has 2 heterocycles. The first-order chi connectivity index (χ1) is 6.63. The lowest BCUT2D eigenvalue weighted by atomic mass is 9.86. The summed E-state index contributed by atoms with van der Waals surface area (Å²) < 4.78 is 1.81. The zero-order valence-electron chi connectivity index (χ0n) is 8.73. The molecule has 0 aliphatic heterocycles. The first-order valence-corrected chi connectivity index (χ1v) is 4.79. The van der Waals surface area contributed by atoms with Crippen LogP contribution in [0.15, 0.2) is 18.7 Å². The summed E-state index contributed by atoms with van der Waals surface area (Å²) in [4.78, 5) is 4.40. The minimum atomic E-state index is 0.105. The van der Waals surface area contributed by atoms with Crippen LogP contribution >= 0.6 is 0 Å². The lowest BCUT2D eigenvalue weighted by Gasteiger charge is -2.21. The van der Waals surface area contributed by atoms with Crippen molar-refractivity contribution in [3.8, 4) is 0 Å². The first-order valence-electron chi connectivity index (χ1n) is 4.79. The third-order valence-corrected chi connectivity index (χ3v) is 2.77. The summed E-state index contributed by atoms with van der Waals surface area (Å²) in [5, 5.41) is 7.82. The van der Waals surface area contributed by atoms with Crippen molar-refractivity contribution in [1.29, 1.82) is 0 Å². The highest BCUT2D eigenvalue weighted by atomic mass is 15.2. The molecule has 0 saturated carbocycles. The maximum absolute atomic E-state index is 4.40. The van der Waals surface area contributed by atoms with E-state index in [1.807, 2.05) is 10.5 Å². The molecule has 0 fully saturated rings. The van der Waals surface area contributed by atoms with Crippen molar-refractivity contribution in [2.45, 2.75) is 32.6 Å². The Morgan fingerprint density at radius 2 is 2.14 bits per heavy atom. The maximum Gasteiger partial charge on any atom is 0.163 e. The van der Waals surface area contributed by atoms with Crippen LogP contribution in [0.4, 0.5) is 0 Å². The van der Waals surface area contributed by atoms with E-state index in [2.05, 4.69) is 36.0 Å². The van der Waals surface area contributed by atoms with Crippen molar-refractivity contribution >= 4 is 5.65 Å². The highest BCUT2D eigenvalue weighted by Gasteiger charge is 2.20. The van der Waals surface area contributed by atoms with Crippen molar-refractivity contribution in [2.75, 3.05) is 0 Å². The number of hydrogen-bond acceptors (Lipinski definition) is 3. The molecular formula is C10H14N4. The van der Waals surface area contributed by atoms with Crippen molar-refractivity contribution in [2.24, 2.45) is 0 Å². The minimum absolute atomic E-state index is 0.105. The van der Waals surface area contributed by atoms with Gasteiger partial charge in [0.2, 0.25) is 0 Å². The van der Waals surface area contributed by atoms with Gasteiger partial charge in [0.05, 0.1) is 5.69 Å². The summed E-state index contributed by atoms with van der Waals surface area (Å²) in [6.07, 6.45) is 4.48. The molecule has 4 nitrogen and oxygen atoms in total. The Kier molecular flexibility index (Phi) is 1.98. The second kappa shape index (κ2) is 3.04. The smallest absolute Gasteiger partial charge is 0.163 e. The van der Waals surface area contributed by atoms with E-state index in [1.54, 1.807) is 12.7 Å². The van der Waals surface area contributed by atoms with Crippen LogP contribution in [0.25, 0.3) is 5.65 Å². The normalized spacial score (nSPS) is 12.2. The lowest BCUT2D eigenvalue weighted by Crippen LogP contribution is -2.17. The van der Waals surface area contributed by atoms with Gasteiger partial charge in [0, 0.05) is 11.5 Å². The number of rotatable bonds is 2. The molecule has 2 rings (SSSR count). The fourth-order valence-electron chi connectivity index (χ4n) is 1.28. The topological polar surface area (TPSA) is 43.1 Å². The predicted octanol–water partition coefficient (Wildman–Crippen LogP) is 1.81. The maximum atomic E-state index is 4.40. The fraction of sp³-hybridized carbons (Fsp3) is 0.500. The zero-order chi connectivity index (χ0) is 10.2. The molecule has 0 aliphatic rings. The van der Waals surface area contributed by atoms with Gasteiger partial charge in [-0.25, -0.2) is 4.98 Å². The van der Waals surface area contributed by atoms with Gasteiger partial charge in [-0.2, -0.15) is 0 Å². The Morgan fingerprint density at radius 3 is 2.86 bits per heavy atom. The van der Waals surface area contributed by atoms with E-state index in [0.29, 0.717) is 0 Å². The van der Waals surface area contributed by atoms with E-state index >= 15 is 0 Å². The average Bonchev–Trinajstić information content (AvgIpc) is 2.64. The van der Waals surface area contributed by atoms with E-state index in [9.17, 15) is 0 Å². The van der Waals surface area contributed by atoms with Crippen molar-refractivity contribution in [1.82, 2.24) is 19.6 Å². The highest BCUT2D eigenvalue weighted by molar-refractivity contribution is 5.38. The third kappa shape index (κ3) is 1.36. The Hall–Kier alpha value is -1.45. The van der Waals surface area contributed by atoms with Gasteiger partial charge in [-0.3, -0.25) is 4.40 Å². The molecule has 14 heavy (non-hydrogen) atoms. The molecule has 0 aliphatic carbocycles. The van der Waals surface area contributed by atoms with Crippen molar-refractivity contribution in [3.05, 3.63) is 24.4 Å². The zero-order valence-corrected chi connectivity index (χ0v) is 8.73. The Bertz CT molecular complexity index is 444. The molecule has 2 aromatic heterocycles. The lowest BCUT2D eigenvalue weighted by molar-refractivity contribution is 0.489. The number of nitrogens with zero attached hydrogens (tertiary/aromatic N) is 4. The van der Waals surface area contributed by atoms with Gasteiger partial charge in [-0.05, 0) is 6.42 Å². The van der Waals surface area contributed by atoms with E-state index in [0.717, 1.165) is 17.8 Å². The van der Waals surface area contributed by atoms with Crippen LogP contribution in [0.3, 0.4) is 0 Å². The van der Waals surface area contributed by atoms with E-state index < -0.39 is 0 Å². The molecule has 0 unspecified atom stereocenters. The number of fused-ring (bicyclic) bond motifs is 1. The van der Waals surface area contributed by atoms with Gasteiger partial charge in [-0.15, -0.1) is 10.2 Å². The molecule has 0 bridgehead atoms. The van der Waals surface area contributed by atoms with E-state index in [-0.39, 0.29) is 5.41 Å². The Balaban J connectivity index is 2.53. The fourth-order valence-corrected chi connectivity index (χ4v) is 1.28. The van der Waals surface area contributed by atoms with Gasteiger partial charge in [0.15, 0.2) is 5.65 Å². The van der Waals surface area contributed by atoms with Crippen LogP contribution in [0, 0.1) is 0 Å². The summed E-state index contributed by atoms with van der Waals surface area (Å²) >= 11 is 0. The molecule has 0 amide bonds. The monoisotopic (exact) mass is 190 g/mol. The predicted molar refractivity (Wildman–Crippen MR) is 54.1 cm³/mol. The molecule has 0 spiro atoms. The van der Waals surface area contributed by atoms with E-state index in [4.69, 9.17) is 0 Å². The number of aromatic nitrogens is 4. The molecule has 74 valence electrons. The van der Waals surface area contributed by atoms with Crippen LogP contribution in [0.2, 0.25) is 0 Å². The number of hydrogen-bond donors (Lipinski definition) is 0. The first kappa shape index (κ1) is 9.12. The standard InChI is InChI=1S/C10H14N4/c1-4-10(2,3)8-5-9-13-12-7-14(9)6-11-8/h5-7H,4H2,1-3H3. The molecule has 0 N–H and O–H groups in total. The van der Waals surface area contributed by atoms with Crippen LogP contribution in [-0.2, 0) is 5.41 Å². The van der Waals surface area contributed by atoms with Gasteiger partial charge < -0.3 is 0 Å². The largest absolute Gasteiger partial charge is 0.272 e. The molecule has 0 saturated heterocycles. The Morgan fingerprint density at radius 1 is 1.36 bits per heavy atom. The third-order valence-electron chi connectivity index (χ3n) is 2.77. The van der Waals surface area contributed by atoms with Crippen LogP contribution in [-0.4, -0.2) is 19.6 Å². The molecule has 0 aromatic carbocycles. The minimum Gasteiger partial charge on any atom is -0.272 e. The Labute approximate surface area is 83.0 Å². The SMILES string of the molecule is CCC(C)(C)c1cc2nncn2cn1. The van der Waals surface area contributed by atoms with Gasteiger partial charge in [-0.1, -0.05) is 20.8 Å². The van der Waals surface area contributed by atoms with Crippen LogP contribution in [0.5, 0.6) is 0 Å². The summed E-state index contributed by atoms with van der Waals surface area (Å²) in [7, 11) is 0. The van der Waals surface area contributed by atoms with Crippen molar-refractivity contribution in [3.63, 3.8) is 0 Å². The molecule has 4 heteroatoms. The highest BCUT2D eigenvalue weighted by Crippen LogP contribution is 2.24. The second-order valence-electron chi connectivity index (χ2n) is 4.11. The van der Waals surface area contributed by atoms with Crippen LogP contribution in [0.1, 0.15) is 32.9 Å². The summed E-state index contributed by atoms with van der Waals surface area (Å²) in [6, 6.07) is 2.00. The molecule has 0 radical (unpaired) electrons. The van der Waals surface area contributed by atoms with Gasteiger partial charge >= 0.3 is 0 Å². The molecule has 2 aromatic rings. The van der Waals surface area contributed by atoms with Crippen molar-refractivity contribution < 1.29 is 0 Å². The summed E-state index contributed by atoms with van der Waals surface area (Å²) in [6.45, 7) is 6.53. The summed E-state index contributed by atoms with van der Waals surface area (Å²) in [5.41, 5.74) is 2.03. The quantitative estimate of drug-likeness (QED) is 0.725. The van der Waals surface area contributed by atoms with E-state index in [1.165, 1.54) is 0 Å². The average molecular weight is 190 g/mol. The second-order valence-corrected chi connectivity index (χ2v) is 4.11.